The Kier molecular flexibility index (Phi) is 8.14. The molecule has 0 aliphatic rings. The molecule has 0 rings (SSSR count). The van der Waals surface area contributed by atoms with Crippen LogP contribution in [0.3, 0.4) is 0 Å². The quantitative estimate of drug-likeness (QED) is 0.599. The van der Waals surface area contributed by atoms with Gasteiger partial charge >= 0.3 is 0 Å². The Morgan fingerprint density at radius 2 is 1.86 bits per heavy atom. The van der Waals surface area contributed by atoms with Gasteiger partial charge in [0, 0.05) is 19.1 Å². The maximum absolute atomic E-state index is 5.56. The zero-order valence-electron chi connectivity index (χ0n) is 10.3. The summed E-state index contributed by atoms with van der Waals surface area (Å²) in [6.45, 7) is 10.3. The molecular formula is C11H26N2O. The van der Waals surface area contributed by atoms with Crippen LogP contribution in [0, 0.1) is 5.92 Å². The van der Waals surface area contributed by atoms with E-state index in [4.69, 9.17) is 4.74 Å². The predicted molar refractivity (Wildman–Crippen MR) is 61.7 cm³/mol. The molecule has 1 atom stereocenters. The molecule has 0 amide bonds. The van der Waals surface area contributed by atoms with Gasteiger partial charge in [-0.25, -0.2) is 0 Å². The van der Waals surface area contributed by atoms with Crippen LogP contribution < -0.4 is 5.32 Å². The van der Waals surface area contributed by atoms with Gasteiger partial charge in [0.1, 0.15) is 0 Å². The van der Waals surface area contributed by atoms with Gasteiger partial charge < -0.3 is 15.0 Å². The minimum absolute atomic E-state index is 0.569. The fourth-order valence-electron chi connectivity index (χ4n) is 1.03. The van der Waals surface area contributed by atoms with Crippen molar-refractivity contribution in [1.82, 2.24) is 10.2 Å². The topological polar surface area (TPSA) is 24.5 Å². The van der Waals surface area contributed by atoms with E-state index in [2.05, 4.69) is 45.1 Å². The van der Waals surface area contributed by atoms with Crippen LogP contribution in [-0.4, -0.2) is 51.3 Å². The molecule has 1 unspecified atom stereocenters. The molecule has 0 aromatic carbocycles. The van der Waals surface area contributed by atoms with Crippen molar-refractivity contribution >= 4 is 0 Å². The van der Waals surface area contributed by atoms with Gasteiger partial charge in [-0.15, -0.1) is 0 Å². The lowest BCUT2D eigenvalue weighted by Crippen LogP contribution is -2.30. The fraction of sp³-hybridized carbons (Fsp3) is 1.00. The van der Waals surface area contributed by atoms with E-state index in [-0.39, 0.29) is 0 Å². The number of nitrogens with zero attached hydrogens (tertiary/aromatic N) is 1. The van der Waals surface area contributed by atoms with Gasteiger partial charge in [0.25, 0.3) is 0 Å². The summed E-state index contributed by atoms with van der Waals surface area (Å²) in [4.78, 5) is 2.14. The highest BCUT2D eigenvalue weighted by Crippen LogP contribution is 1.94. The van der Waals surface area contributed by atoms with E-state index in [9.17, 15) is 0 Å². The molecule has 14 heavy (non-hydrogen) atoms. The van der Waals surface area contributed by atoms with Crippen LogP contribution in [0.1, 0.15) is 20.8 Å². The standard InChI is InChI=1S/C11H26N2O/c1-10(2)12-8-11(3)9-14-7-6-13(4)5/h10-12H,6-9H2,1-5H3. The molecule has 3 nitrogen and oxygen atoms in total. The van der Waals surface area contributed by atoms with Crippen molar-refractivity contribution in [2.24, 2.45) is 5.92 Å². The Labute approximate surface area is 88.8 Å². The highest BCUT2D eigenvalue weighted by molar-refractivity contribution is 4.59. The van der Waals surface area contributed by atoms with E-state index in [1.165, 1.54) is 0 Å². The molecule has 0 heterocycles. The van der Waals surface area contributed by atoms with Gasteiger partial charge in [-0.05, 0) is 20.0 Å². The monoisotopic (exact) mass is 202 g/mol. The first-order chi connectivity index (χ1) is 6.52. The zero-order valence-corrected chi connectivity index (χ0v) is 10.3. The second-order valence-corrected chi connectivity index (χ2v) is 4.55. The van der Waals surface area contributed by atoms with Crippen LogP contribution in [0.4, 0.5) is 0 Å². The molecule has 0 radical (unpaired) electrons. The Morgan fingerprint density at radius 3 is 2.36 bits per heavy atom. The van der Waals surface area contributed by atoms with E-state index in [1.54, 1.807) is 0 Å². The first-order valence-corrected chi connectivity index (χ1v) is 5.48. The lowest BCUT2D eigenvalue weighted by molar-refractivity contribution is 0.0911. The van der Waals surface area contributed by atoms with Crippen LogP contribution in [0.25, 0.3) is 0 Å². The lowest BCUT2D eigenvalue weighted by Gasteiger charge is -2.16. The molecule has 0 bridgehead atoms. The molecule has 86 valence electrons. The summed E-state index contributed by atoms with van der Waals surface area (Å²) in [5.74, 6) is 0.597. The predicted octanol–water partition coefficient (Wildman–Crippen LogP) is 1.20. The number of hydrogen-bond donors (Lipinski definition) is 1. The molecule has 0 aromatic rings. The summed E-state index contributed by atoms with van der Waals surface area (Å²) in [6, 6.07) is 0.569. The molecular weight excluding hydrogens is 176 g/mol. The van der Waals surface area contributed by atoms with Gasteiger partial charge in [-0.1, -0.05) is 20.8 Å². The van der Waals surface area contributed by atoms with Crippen LogP contribution >= 0.6 is 0 Å². The maximum Gasteiger partial charge on any atom is 0.0593 e. The molecule has 3 heteroatoms. The second-order valence-electron chi connectivity index (χ2n) is 4.55. The molecule has 0 saturated carbocycles. The van der Waals surface area contributed by atoms with E-state index in [0.29, 0.717) is 12.0 Å². The SMILES string of the molecule is CC(CNC(C)C)COCCN(C)C. The summed E-state index contributed by atoms with van der Waals surface area (Å²) in [5, 5.41) is 3.40. The van der Waals surface area contributed by atoms with Crippen LogP contribution in [0.2, 0.25) is 0 Å². The molecule has 0 fully saturated rings. The first kappa shape index (κ1) is 13.9. The van der Waals surface area contributed by atoms with E-state index in [1.807, 2.05) is 0 Å². The fourth-order valence-corrected chi connectivity index (χ4v) is 1.03. The minimum Gasteiger partial charge on any atom is -0.380 e. The van der Waals surface area contributed by atoms with Gasteiger partial charge in [0.15, 0.2) is 0 Å². The van der Waals surface area contributed by atoms with Gasteiger partial charge in [0.05, 0.1) is 13.2 Å². The third-order valence-electron chi connectivity index (χ3n) is 1.96. The Hall–Kier alpha value is -0.120. The Bertz CT molecular complexity index is 126. The van der Waals surface area contributed by atoms with Crippen molar-refractivity contribution in [3.8, 4) is 0 Å². The van der Waals surface area contributed by atoms with E-state index < -0.39 is 0 Å². The maximum atomic E-state index is 5.56. The normalized spacial score (nSPS) is 13.9. The van der Waals surface area contributed by atoms with Gasteiger partial charge in [-0.3, -0.25) is 0 Å². The van der Waals surface area contributed by atoms with Crippen molar-refractivity contribution in [3.05, 3.63) is 0 Å². The largest absolute Gasteiger partial charge is 0.380 e. The molecule has 0 aliphatic carbocycles. The Balaban J connectivity index is 3.22. The van der Waals surface area contributed by atoms with Crippen molar-refractivity contribution in [1.29, 1.82) is 0 Å². The molecule has 0 spiro atoms. The minimum atomic E-state index is 0.569. The zero-order chi connectivity index (χ0) is 11.0. The van der Waals surface area contributed by atoms with E-state index in [0.717, 1.165) is 26.3 Å². The number of rotatable bonds is 8. The van der Waals surface area contributed by atoms with E-state index >= 15 is 0 Å². The van der Waals surface area contributed by atoms with Gasteiger partial charge in [-0.2, -0.15) is 0 Å². The van der Waals surface area contributed by atoms with Crippen LogP contribution in [-0.2, 0) is 4.74 Å². The summed E-state index contributed by atoms with van der Waals surface area (Å²) < 4.78 is 5.56. The third-order valence-corrected chi connectivity index (χ3v) is 1.96. The van der Waals surface area contributed by atoms with Crippen molar-refractivity contribution in [2.45, 2.75) is 26.8 Å². The molecule has 0 aromatic heterocycles. The number of nitrogens with one attached hydrogen (secondary N) is 1. The highest BCUT2D eigenvalue weighted by atomic mass is 16.5. The number of ether oxygens (including phenoxy) is 1. The van der Waals surface area contributed by atoms with Crippen LogP contribution in [0.5, 0.6) is 0 Å². The number of hydrogen-bond acceptors (Lipinski definition) is 3. The highest BCUT2D eigenvalue weighted by Gasteiger charge is 2.02. The van der Waals surface area contributed by atoms with Gasteiger partial charge in [0.2, 0.25) is 0 Å². The summed E-state index contributed by atoms with van der Waals surface area (Å²) in [7, 11) is 4.13. The van der Waals surface area contributed by atoms with Crippen LogP contribution in [0.15, 0.2) is 0 Å². The molecule has 0 aliphatic heterocycles. The summed E-state index contributed by atoms with van der Waals surface area (Å²) in [5.41, 5.74) is 0. The molecule has 0 saturated heterocycles. The average Bonchev–Trinajstić information content (AvgIpc) is 2.08. The van der Waals surface area contributed by atoms with Crippen molar-refractivity contribution in [2.75, 3.05) is 40.4 Å². The number of likely N-dealkylation sites (N-methyl/N-ethyl adjacent to an activating group) is 1. The second kappa shape index (κ2) is 8.21. The third kappa shape index (κ3) is 9.96. The lowest BCUT2D eigenvalue weighted by atomic mass is 10.2. The summed E-state index contributed by atoms with van der Waals surface area (Å²) in [6.07, 6.45) is 0. The Morgan fingerprint density at radius 1 is 1.21 bits per heavy atom. The smallest absolute Gasteiger partial charge is 0.0593 e. The summed E-state index contributed by atoms with van der Waals surface area (Å²) >= 11 is 0. The van der Waals surface area contributed by atoms with Crippen molar-refractivity contribution < 1.29 is 4.74 Å². The first-order valence-electron chi connectivity index (χ1n) is 5.48. The molecule has 1 N–H and O–H groups in total. The van der Waals surface area contributed by atoms with Crippen molar-refractivity contribution in [3.63, 3.8) is 0 Å². The average molecular weight is 202 g/mol.